The third kappa shape index (κ3) is 4.00. The number of furan rings is 1. The van der Waals surface area contributed by atoms with Crippen LogP contribution in [0.3, 0.4) is 0 Å². The van der Waals surface area contributed by atoms with Crippen LogP contribution in [0.5, 0.6) is 0 Å². The summed E-state index contributed by atoms with van der Waals surface area (Å²) in [6.45, 7) is 2.38. The van der Waals surface area contributed by atoms with Gasteiger partial charge in [-0.05, 0) is 42.8 Å². The van der Waals surface area contributed by atoms with Crippen molar-refractivity contribution in [2.24, 2.45) is 0 Å². The molecule has 0 atom stereocenters. The highest BCUT2D eigenvalue weighted by atomic mass is 35.5. The second kappa shape index (κ2) is 6.44. The SMILES string of the molecule is Cc1ccc(C=CC(=O)N(C)Cc2cccc(Cl)c2)o1. The summed E-state index contributed by atoms with van der Waals surface area (Å²) >= 11 is 5.92. The summed E-state index contributed by atoms with van der Waals surface area (Å²) in [6, 6.07) is 11.2. The van der Waals surface area contributed by atoms with Crippen LogP contribution < -0.4 is 0 Å². The molecule has 20 heavy (non-hydrogen) atoms. The Hall–Kier alpha value is -2.00. The molecule has 0 aliphatic rings. The minimum atomic E-state index is -0.0842. The summed E-state index contributed by atoms with van der Waals surface area (Å²) in [4.78, 5) is 13.6. The molecule has 3 nitrogen and oxygen atoms in total. The van der Waals surface area contributed by atoms with Crippen LogP contribution in [-0.2, 0) is 11.3 Å². The molecule has 1 aromatic carbocycles. The van der Waals surface area contributed by atoms with Gasteiger partial charge in [0.15, 0.2) is 0 Å². The fourth-order valence-corrected chi connectivity index (χ4v) is 2.02. The van der Waals surface area contributed by atoms with Crippen LogP contribution in [0.15, 0.2) is 46.9 Å². The fourth-order valence-electron chi connectivity index (χ4n) is 1.81. The molecule has 0 bridgehead atoms. The number of aryl methyl sites for hydroxylation is 1. The van der Waals surface area contributed by atoms with Gasteiger partial charge in [-0.3, -0.25) is 4.79 Å². The third-order valence-electron chi connectivity index (χ3n) is 2.84. The van der Waals surface area contributed by atoms with E-state index in [2.05, 4.69) is 0 Å². The normalized spacial score (nSPS) is 10.9. The van der Waals surface area contributed by atoms with Crippen molar-refractivity contribution >= 4 is 23.6 Å². The second-order valence-corrected chi connectivity index (χ2v) is 5.04. The zero-order valence-corrected chi connectivity index (χ0v) is 12.2. The lowest BCUT2D eigenvalue weighted by Gasteiger charge is -2.15. The highest BCUT2D eigenvalue weighted by Crippen LogP contribution is 2.13. The Labute approximate surface area is 123 Å². The van der Waals surface area contributed by atoms with E-state index in [-0.39, 0.29) is 5.91 Å². The topological polar surface area (TPSA) is 33.5 Å². The molecule has 0 saturated carbocycles. The number of halogens is 1. The third-order valence-corrected chi connectivity index (χ3v) is 3.07. The predicted octanol–water partition coefficient (Wildman–Crippen LogP) is 3.91. The van der Waals surface area contributed by atoms with Crippen LogP contribution >= 0.6 is 11.6 Å². The predicted molar refractivity (Wildman–Crippen MR) is 80.4 cm³/mol. The first-order chi connectivity index (χ1) is 9.54. The number of rotatable bonds is 4. The summed E-state index contributed by atoms with van der Waals surface area (Å²) in [6.07, 6.45) is 3.17. The maximum absolute atomic E-state index is 12.0. The highest BCUT2D eigenvalue weighted by Gasteiger charge is 2.06. The van der Waals surface area contributed by atoms with Crippen LogP contribution in [0.4, 0.5) is 0 Å². The Bertz CT molecular complexity index is 631. The van der Waals surface area contributed by atoms with Crippen LogP contribution in [0.1, 0.15) is 17.1 Å². The van der Waals surface area contributed by atoms with Crippen LogP contribution in [-0.4, -0.2) is 17.9 Å². The molecule has 4 heteroatoms. The molecule has 0 aliphatic heterocycles. The van der Waals surface area contributed by atoms with Gasteiger partial charge in [0.25, 0.3) is 0 Å². The number of carbonyl (C=O) groups is 1. The van der Waals surface area contributed by atoms with E-state index in [0.717, 1.165) is 11.3 Å². The average Bonchev–Trinajstić information content (AvgIpc) is 2.81. The maximum atomic E-state index is 12.0. The molecule has 1 amide bonds. The van der Waals surface area contributed by atoms with E-state index in [4.69, 9.17) is 16.0 Å². The number of hydrogen-bond acceptors (Lipinski definition) is 2. The molecule has 104 valence electrons. The number of nitrogens with zero attached hydrogens (tertiary/aromatic N) is 1. The van der Waals surface area contributed by atoms with Gasteiger partial charge in [0.05, 0.1) is 0 Å². The quantitative estimate of drug-likeness (QED) is 0.800. The highest BCUT2D eigenvalue weighted by molar-refractivity contribution is 6.30. The van der Waals surface area contributed by atoms with Crippen molar-refractivity contribution in [1.29, 1.82) is 0 Å². The van der Waals surface area contributed by atoms with Crippen molar-refractivity contribution in [2.45, 2.75) is 13.5 Å². The molecule has 0 N–H and O–H groups in total. The van der Waals surface area contributed by atoms with Crippen molar-refractivity contribution in [1.82, 2.24) is 4.90 Å². The molecule has 2 aromatic rings. The first-order valence-corrected chi connectivity index (χ1v) is 6.66. The van der Waals surface area contributed by atoms with Gasteiger partial charge in [-0.25, -0.2) is 0 Å². The Balaban J connectivity index is 1.97. The van der Waals surface area contributed by atoms with Crippen LogP contribution in [0, 0.1) is 6.92 Å². The smallest absolute Gasteiger partial charge is 0.246 e. The Morgan fingerprint density at radius 3 is 2.80 bits per heavy atom. The van der Waals surface area contributed by atoms with Gasteiger partial charge in [0, 0.05) is 24.7 Å². The average molecular weight is 290 g/mol. The minimum absolute atomic E-state index is 0.0842. The van der Waals surface area contributed by atoms with Crippen LogP contribution in [0.25, 0.3) is 6.08 Å². The van der Waals surface area contributed by atoms with Gasteiger partial charge in [0.1, 0.15) is 11.5 Å². The van der Waals surface area contributed by atoms with E-state index in [9.17, 15) is 4.79 Å². The Morgan fingerprint density at radius 1 is 1.35 bits per heavy atom. The summed E-state index contributed by atoms with van der Waals surface area (Å²) in [5.41, 5.74) is 0.996. The fraction of sp³-hybridized carbons (Fsp3) is 0.188. The zero-order valence-electron chi connectivity index (χ0n) is 11.5. The minimum Gasteiger partial charge on any atom is -0.462 e. The molecule has 1 heterocycles. The van der Waals surface area contributed by atoms with E-state index in [1.54, 1.807) is 18.0 Å². The van der Waals surface area contributed by atoms with Crippen molar-refractivity contribution < 1.29 is 9.21 Å². The number of benzene rings is 1. The summed E-state index contributed by atoms with van der Waals surface area (Å²) in [7, 11) is 1.75. The molecule has 1 aromatic heterocycles. The van der Waals surface area contributed by atoms with Gasteiger partial charge in [-0.15, -0.1) is 0 Å². The summed E-state index contributed by atoms with van der Waals surface area (Å²) in [5, 5.41) is 0.671. The molecule has 0 aliphatic carbocycles. The first-order valence-electron chi connectivity index (χ1n) is 6.28. The standard InChI is InChI=1S/C16H16ClNO2/c1-12-6-7-15(20-12)8-9-16(19)18(2)11-13-4-3-5-14(17)10-13/h3-10H,11H2,1-2H3. The second-order valence-electron chi connectivity index (χ2n) is 4.61. The van der Waals surface area contributed by atoms with E-state index >= 15 is 0 Å². The Morgan fingerprint density at radius 2 is 2.15 bits per heavy atom. The molecule has 2 rings (SSSR count). The largest absolute Gasteiger partial charge is 0.462 e. The van der Waals surface area contributed by atoms with Gasteiger partial charge in [0.2, 0.25) is 5.91 Å². The molecule has 0 saturated heterocycles. The number of likely N-dealkylation sites (N-methyl/N-ethyl adjacent to an activating group) is 1. The molecule has 0 spiro atoms. The molecule has 0 radical (unpaired) electrons. The van der Waals surface area contributed by atoms with Crippen molar-refractivity contribution in [3.8, 4) is 0 Å². The monoisotopic (exact) mass is 289 g/mol. The lowest BCUT2D eigenvalue weighted by atomic mass is 10.2. The molecular weight excluding hydrogens is 274 g/mol. The Kier molecular flexibility index (Phi) is 4.64. The number of carbonyl (C=O) groups excluding carboxylic acids is 1. The van der Waals surface area contributed by atoms with Crippen molar-refractivity contribution in [3.63, 3.8) is 0 Å². The molecule has 0 unspecified atom stereocenters. The van der Waals surface area contributed by atoms with Crippen molar-refractivity contribution in [3.05, 3.63) is 64.6 Å². The number of hydrogen-bond donors (Lipinski definition) is 0. The van der Waals surface area contributed by atoms with E-state index in [0.29, 0.717) is 17.3 Å². The van der Waals surface area contributed by atoms with E-state index in [1.165, 1.54) is 6.08 Å². The van der Waals surface area contributed by atoms with Gasteiger partial charge in [-0.2, -0.15) is 0 Å². The molecular formula is C16H16ClNO2. The number of amides is 1. The van der Waals surface area contributed by atoms with Gasteiger partial charge < -0.3 is 9.32 Å². The van der Waals surface area contributed by atoms with Crippen LogP contribution in [0.2, 0.25) is 5.02 Å². The summed E-state index contributed by atoms with van der Waals surface area (Å²) < 4.78 is 5.37. The lowest BCUT2D eigenvalue weighted by molar-refractivity contribution is -0.125. The van der Waals surface area contributed by atoms with Gasteiger partial charge in [-0.1, -0.05) is 23.7 Å². The maximum Gasteiger partial charge on any atom is 0.246 e. The zero-order chi connectivity index (χ0) is 14.5. The van der Waals surface area contributed by atoms with E-state index < -0.39 is 0 Å². The first kappa shape index (κ1) is 14.4. The van der Waals surface area contributed by atoms with Gasteiger partial charge >= 0.3 is 0 Å². The lowest BCUT2D eigenvalue weighted by Crippen LogP contribution is -2.24. The van der Waals surface area contributed by atoms with E-state index in [1.807, 2.05) is 43.3 Å². The molecule has 0 fully saturated rings. The van der Waals surface area contributed by atoms with Crippen molar-refractivity contribution in [2.75, 3.05) is 7.05 Å². The summed E-state index contributed by atoms with van der Waals surface area (Å²) in [5.74, 6) is 1.41.